The van der Waals surface area contributed by atoms with E-state index in [-0.39, 0.29) is 30.1 Å². The van der Waals surface area contributed by atoms with Gasteiger partial charge in [-0.3, -0.25) is 14.5 Å². The molecular formula is C11H12ClN3O3. The number of carbonyl (C=O) groups excluding carboxylic acids is 2. The predicted octanol–water partition coefficient (Wildman–Crippen LogP) is 0.964. The van der Waals surface area contributed by atoms with Crippen molar-refractivity contribution in [3.05, 3.63) is 17.0 Å². The second-order valence-electron chi connectivity index (χ2n) is 4.07. The van der Waals surface area contributed by atoms with Crippen molar-refractivity contribution in [1.29, 1.82) is 0 Å². The zero-order valence-corrected chi connectivity index (χ0v) is 10.8. The van der Waals surface area contributed by atoms with Crippen molar-refractivity contribution >= 4 is 29.3 Å². The minimum atomic E-state index is -0.448. The molecule has 96 valence electrons. The summed E-state index contributed by atoms with van der Waals surface area (Å²) in [4.78, 5) is 32.6. The molecule has 0 saturated carbocycles. The van der Waals surface area contributed by atoms with Gasteiger partial charge >= 0.3 is 5.97 Å². The molecule has 0 N–H and O–H groups in total. The number of methoxy groups -OCH3 is 1. The van der Waals surface area contributed by atoms with Crippen LogP contribution in [-0.2, 0) is 14.3 Å². The summed E-state index contributed by atoms with van der Waals surface area (Å²) in [6.07, 6.45) is 0.132. The number of halogens is 1. The first-order valence-electron chi connectivity index (χ1n) is 5.40. The molecule has 0 aliphatic carbocycles. The molecule has 0 radical (unpaired) electrons. The summed E-state index contributed by atoms with van der Waals surface area (Å²) in [5, 5.41) is 0.0827. The first-order valence-corrected chi connectivity index (χ1v) is 5.78. The number of aromatic nitrogens is 2. The molecule has 1 aromatic heterocycles. The highest BCUT2D eigenvalue weighted by Crippen LogP contribution is 2.25. The van der Waals surface area contributed by atoms with Gasteiger partial charge < -0.3 is 4.74 Å². The average Bonchev–Trinajstić information content (AvgIpc) is 2.69. The van der Waals surface area contributed by atoms with Crippen LogP contribution in [0.2, 0.25) is 5.28 Å². The molecular weight excluding hydrogens is 258 g/mol. The fraction of sp³-hybridized carbons (Fsp3) is 0.455. The van der Waals surface area contributed by atoms with E-state index in [1.54, 1.807) is 13.0 Å². The lowest BCUT2D eigenvalue weighted by atomic mass is 10.1. The number of amides is 1. The predicted molar refractivity (Wildman–Crippen MR) is 64.3 cm³/mol. The minimum absolute atomic E-state index is 0.0827. The Kier molecular flexibility index (Phi) is 3.47. The van der Waals surface area contributed by atoms with E-state index in [0.717, 1.165) is 0 Å². The Labute approximate surface area is 109 Å². The third-order valence-electron chi connectivity index (χ3n) is 2.75. The second-order valence-corrected chi connectivity index (χ2v) is 4.40. The highest BCUT2D eigenvalue weighted by atomic mass is 35.5. The summed E-state index contributed by atoms with van der Waals surface area (Å²) >= 11 is 5.75. The number of esters is 1. The topological polar surface area (TPSA) is 72.4 Å². The van der Waals surface area contributed by atoms with Crippen molar-refractivity contribution in [3.8, 4) is 0 Å². The van der Waals surface area contributed by atoms with E-state index in [1.165, 1.54) is 12.0 Å². The van der Waals surface area contributed by atoms with Crippen LogP contribution >= 0.6 is 11.6 Å². The van der Waals surface area contributed by atoms with E-state index < -0.39 is 5.92 Å². The van der Waals surface area contributed by atoms with E-state index in [2.05, 4.69) is 14.7 Å². The van der Waals surface area contributed by atoms with Gasteiger partial charge in [-0.1, -0.05) is 0 Å². The molecule has 2 rings (SSSR count). The Morgan fingerprint density at radius 2 is 2.28 bits per heavy atom. The normalized spacial score (nSPS) is 19.2. The lowest BCUT2D eigenvalue weighted by molar-refractivity contribution is -0.145. The summed E-state index contributed by atoms with van der Waals surface area (Å²) in [5.74, 6) is -0.581. The first-order chi connectivity index (χ1) is 8.51. The monoisotopic (exact) mass is 269 g/mol. The number of aryl methyl sites for hydroxylation is 1. The number of nitrogens with zero attached hydrogens (tertiary/aromatic N) is 3. The Hall–Kier alpha value is -1.69. The van der Waals surface area contributed by atoms with Crippen LogP contribution in [0.3, 0.4) is 0 Å². The van der Waals surface area contributed by atoms with Gasteiger partial charge in [0.2, 0.25) is 11.2 Å². The quantitative estimate of drug-likeness (QED) is 0.591. The number of carbonyl (C=O) groups is 2. The van der Waals surface area contributed by atoms with Crippen molar-refractivity contribution in [2.45, 2.75) is 13.3 Å². The number of ether oxygens (including phenoxy) is 1. The average molecular weight is 270 g/mol. The van der Waals surface area contributed by atoms with E-state index >= 15 is 0 Å². The smallest absolute Gasteiger partial charge is 0.311 e. The van der Waals surface area contributed by atoms with Crippen LogP contribution in [0, 0.1) is 12.8 Å². The lowest BCUT2D eigenvalue weighted by Gasteiger charge is -2.15. The van der Waals surface area contributed by atoms with Gasteiger partial charge in [0.25, 0.3) is 0 Å². The molecule has 1 fully saturated rings. The molecule has 1 atom stereocenters. The van der Waals surface area contributed by atoms with Gasteiger partial charge in [-0.15, -0.1) is 0 Å². The molecule has 1 aromatic rings. The van der Waals surface area contributed by atoms with Gasteiger partial charge in [-0.2, -0.15) is 0 Å². The van der Waals surface area contributed by atoms with Gasteiger partial charge in [0.1, 0.15) is 5.82 Å². The molecule has 1 unspecified atom stereocenters. The largest absolute Gasteiger partial charge is 0.469 e. The maximum absolute atomic E-state index is 11.8. The summed E-state index contributed by atoms with van der Waals surface area (Å²) in [7, 11) is 1.31. The van der Waals surface area contributed by atoms with Crippen molar-refractivity contribution in [3.63, 3.8) is 0 Å². The molecule has 0 aromatic carbocycles. The van der Waals surface area contributed by atoms with Crippen molar-refractivity contribution in [1.82, 2.24) is 9.97 Å². The van der Waals surface area contributed by atoms with Crippen LogP contribution in [0.5, 0.6) is 0 Å². The fourth-order valence-electron chi connectivity index (χ4n) is 1.91. The third kappa shape index (κ3) is 2.43. The van der Waals surface area contributed by atoms with E-state index in [0.29, 0.717) is 11.5 Å². The summed E-state index contributed by atoms with van der Waals surface area (Å²) in [5.41, 5.74) is 0.666. The summed E-state index contributed by atoms with van der Waals surface area (Å²) in [6.45, 7) is 2.02. The van der Waals surface area contributed by atoms with Crippen LogP contribution in [0.4, 0.5) is 5.82 Å². The molecule has 2 heterocycles. The molecule has 0 spiro atoms. The lowest BCUT2D eigenvalue weighted by Crippen LogP contribution is -2.27. The van der Waals surface area contributed by atoms with Crippen LogP contribution in [0.1, 0.15) is 12.1 Å². The maximum atomic E-state index is 11.8. The molecule has 18 heavy (non-hydrogen) atoms. The van der Waals surface area contributed by atoms with Crippen molar-refractivity contribution in [2.75, 3.05) is 18.6 Å². The summed E-state index contributed by atoms with van der Waals surface area (Å²) < 4.78 is 4.64. The van der Waals surface area contributed by atoms with Gasteiger partial charge in [0.05, 0.1) is 13.0 Å². The van der Waals surface area contributed by atoms with Crippen LogP contribution in [0.25, 0.3) is 0 Å². The molecule has 6 nitrogen and oxygen atoms in total. The number of hydrogen-bond acceptors (Lipinski definition) is 5. The van der Waals surface area contributed by atoms with Crippen LogP contribution in [-0.4, -0.2) is 35.5 Å². The number of hydrogen-bond donors (Lipinski definition) is 0. The Bertz CT molecular complexity index is 486. The molecule has 1 amide bonds. The molecule has 0 bridgehead atoms. The molecule has 1 saturated heterocycles. The minimum Gasteiger partial charge on any atom is -0.469 e. The van der Waals surface area contributed by atoms with Gasteiger partial charge in [0, 0.05) is 24.7 Å². The summed E-state index contributed by atoms with van der Waals surface area (Å²) in [6, 6.07) is 1.66. The SMILES string of the molecule is COC(=O)C1CC(=O)N(c2cc(C)nc(Cl)n2)C1. The van der Waals surface area contributed by atoms with E-state index in [1.807, 2.05) is 0 Å². The van der Waals surface area contributed by atoms with E-state index in [9.17, 15) is 9.59 Å². The molecule has 1 aliphatic rings. The van der Waals surface area contributed by atoms with E-state index in [4.69, 9.17) is 11.6 Å². The Morgan fingerprint density at radius 3 is 2.89 bits per heavy atom. The standard InChI is InChI=1S/C11H12ClN3O3/c1-6-3-8(14-11(12)13-6)15-5-7(4-9(15)16)10(17)18-2/h3,7H,4-5H2,1-2H3. The Morgan fingerprint density at radius 1 is 1.56 bits per heavy atom. The van der Waals surface area contributed by atoms with Crippen molar-refractivity contribution < 1.29 is 14.3 Å². The van der Waals surface area contributed by atoms with Gasteiger partial charge in [-0.05, 0) is 18.5 Å². The van der Waals surface area contributed by atoms with Crippen LogP contribution in [0.15, 0.2) is 6.07 Å². The van der Waals surface area contributed by atoms with Crippen LogP contribution < -0.4 is 4.90 Å². The first kappa shape index (κ1) is 12.8. The number of rotatable bonds is 2. The third-order valence-corrected chi connectivity index (χ3v) is 2.92. The van der Waals surface area contributed by atoms with Crippen molar-refractivity contribution in [2.24, 2.45) is 5.92 Å². The zero-order valence-electron chi connectivity index (χ0n) is 10.0. The number of anilines is 1. The Balaban J connectivity index is 2.24. The van der Waals surface area contributed by atoms with Gasteiger partial charge in [-0.25, -0.2) is 9.97 Å². The highest BCUT2D eigenvalue weighted by Gasteiger charge is 2.36. The van der Waals surface area contributed by atoms with Gasteiger partial charge in [0.15, 0.2) is 0 Å². The molecule has 7 heteroatoms. The fourth-order valence-corrected chi connectivity index (χ4v) is 2.13. The second kappa shape index (κ2) is 4.89. The molecule has 1 aliphatic heterocycles. The zero-order chi connectivity index (χ0) is 13.3. The maximum Gasteiger partial charge on any atom is 0.311 e. The highest BCUT2D eigenvalue weighted by molar-refractivity contribution is 6.28.